The van der Waals surface area contributed by atoms with Crippen LogP contribution in [0, 0.1) is 6.92 Å². The van der Waals surface area contributed by atoms with Crippen LogP contribution in [0.1, 0.15) is 26.3 Å². The van der Waals surface area contributed by atoms with E-state index in [1.807, 2.05) is 45.9 Å². The minimum atomic E-state index is -2.82. The third-order valence-electron chi connectivity index (χ3n) is 2.40. The van der Waals surface area contributed by atoms with Gasteiger partial charge in [0.15, 0.2) is 0 Å². The predicted octanol–water partition coefficient (Wildman–Crippen LogP) is 2.90. The van der Waals surface area contributed by atoms with Crippen LogP contribution in [0.4, 0.5) is 0 Å². The topological polar surface area (TPSA) is 27.7 Å². The Bertz CT molecular complexity index is 347. The highest BCUT2D eigenvalue weighted by Gasteiger charge is 2.43. The zero-order valence-corrected chi connectivity index (χ0v) is 13.2. The van der Waals surface area contributed by atoms with E-state index in [0.717, 1.165) is 10.8 Å². The van der Waals surface area contributed by atoms with Gasteiger partial charge in [0.25, 0.3) is 0 Å². The molecule has 0 fully saturated rings. The fourth-order valence-corrected chi connectivity index (χ4v) is 4.87. The van der Waals surface area contributed by atoms with Crippen molar-refractivity contribution in [2.24, 2.45) is 0 Å². The second kappa shape index (κ2) is 7.26. The molecule has 0 saturated carbocycles. The van der Waals surface area contributed by atoms with Crippen molar-refractivity contribution in [2.45, 2.75) is 27.7 Å². The first-order valence-corrected chi connectivity index (χ1v) is 8.37. The zero-order chi connectivity index (χ0) is 13.6. The molecule has 5 heteroatoms. The van der Waals surface area contributed by atoms with Gasteiger partial charge in [0.05, 0.1) is 0 Å². The monoisotopic (exact) mass is 288 g/mol. The van der Waals surface area contributed by atoms with Gasteiger partial charge in [-0.3, -0.25) is 0 Å². The molecule has 0 N–H and O–H groups in total. The summed E-state index contributed by atoms with van der Waals surface area (Å²) in [5.74, 6) is 0. The Hall–Kier alpha value is -0.393. The van der Waals surface area contributed by atoms with Gasteiger partial charge < -0.3 is 13.3 Å². The van der Waals surface area contributed by atoms with Crippen molar-refractivity contribution in [1.82, 2.24) is 0 Å². The lowest BCUT2D eigenvalue weighted by atomic mass is 10.2. The summed E-state index contributed by atoms with van der Waals surface area (Å²) in [4.78, 5) is 0. The third-order valence-corrected chi connectivity index (χ3v) is 5.62. The van der Waals surface area contributed by atoms with E-state index in [1.165, 1.54) is 0 Å². The molecule has 0 saturated heterocycles. The number of hydrogen-bond donors (Lipinski definition) is 0. The molecule has 0 amide bonds. The summed E-state index contributed by atoms with van der Waals surface area (Å²) in [6.07, 6.45) is 0. The van der Waals surface area contributed by atoms with E-state index in [-0.39, 0.29) is 0 Å². The summed E-state index contributed by atoms with van der Waals surface area (Å²) in [5, 5.41) is 1.61. The summed E-state index contributed by atoms with van der Waals surface area (Å²) < 4.78 is 17.5. The molecular weight excluding hydrogens is 268 g/mol. The molecule has 0 radical (unpaired) electrons. The molecule has 1 aromatic rings. The molecule has 1 aromatic carbocycles. The average molecular weight is 289 g/mol. The molecule has 0 unspecified atom stereocenters. The fourth-order valence-electron chi connectivity index (χ4n) is 1.86. The largest absolute Gasteiger partial charge is 0.537 e. The van der Waals surface area contributed by atoms with Gasteiger partial charge in [-0.2, -0.15) is 0 Å². The lowest BCUT2D eigenvalue weighted by Gasteiger charge is -2.29. The van der Waals surface area contributed by atoms with Gasteiger partial charge in [0, 0.05) is 30.0 Å². The lowest BCUT2D eigenvalue weighted by Crippen LogP contribution is -2.57. The molecule has 102 valence electrons. The van der Waals surface area contributed by atoms with Gasteiger partial charge >= 0.3 is 8.80 Å². The Morgan fingerprint density at radius 2 is 1.44 bits per heavy atom. The fraction of sp³-hybridized carbons (Fsp3) is 0.538. The smallest absolute Gasteiger partial charge is 0.370 e. The predicted molar refractivity (Wildman–Crippen MR) is 76.5 cm³/mol. The van der Waals surface area contributed by atoms with Crippen molar-refractivity contribution < 1.29 is 13.3 Å². The Morgan fingerprint density at radius 3 is 1.83 bits per heavy atom. The van der Waals surface area contributed by atoms with E-state index in [2.05, 4.69) is 0 Å². The quantitative estimate of drug-likeness (QED) is 0.722. The molecule has 1 rings (SSSR count). The number of benzene rings is 1. The number of halogens is 1. The lowest BCUT2D eigenvalue weighted by molar-refractivity contribution is 0.0859. The van der Waals surface area contributed by atoms with Crippen LogP contribution in [0.25, 0.3) is 0 Å². The number of rotatable bonds is 7. The average Bonchev–Trinajstić information content (AvgIpc) is 2.28. The maximum Gasteiger partial charge on any atom is 0.537 e. The number of hydrogen-bond acceptors (Lipinski definition) is 3. The molecule has 0 aliphatic heterocycles. The Labute approximate surface area is 115 Å². The molecule has 0 bridgehead atoms. The summed E-state index contributed by atoms with van der Waals surface area (Å²) in [6, 6.07) is 5.81. The minimum Gasteiger partial charge on any atom is -0.370 e. The SMILES string of the molecule is CCO[Si](OCC)(OCC)c1cc(C)cc(Cl)c1. The van der Waals surface area contributed by atoms with Crippen LogP contribution in [0.5, 0.6) is 0 Å². The summed E-state index contributed by atoms with van der Waals surface area (Å²) >= 11 is 6.11. The summed E-state index contributed by atoms with van der Waals surface area (Å²) in [5.41, 5.74) is 1.08. The Kier molecular flexibility index (Phi) is 6.32. The van der Waals surface area contributed by atoms with Crippen LogP contribution < -0.4 is 5.19 Å². The Balaban J connectivity index is 3.20. The second-order valence-electron chi connectivity index (χ2n) is 3.87. The van der Waals surface area contributed by atoms with E-state index in [4.69, 9.17) is 24.9 Å². The normalized spacial score (nSPS) is 11.8. The van der Waals surface area contributed by atoms with E-state index in [1.54, 1.807) is 0 Å². The number of aryl methyl sites for hydroxylation is 1. The van der Waals surface area contributed by atoms with Crippen molar-refractivity contribution in [2.75, 3.05) is 19.8 Å². The van der Waals surface area contributed by atoms with E-state index >= 15 is 0 Å². The molecule has 0 aliphatic rings. The molecular formula is C13H21ClO3Si. The van der Waals surface area contributed by atoms with Crippen molar-refractivity contribution in [3.05, 3.63) is 28.8 Å². The maximum atomic E-state index is 6.11. The van der Waals surface area contributed by atoms with Gasteiger partial charge in [-0.15, -0.1) is 0 Å². The highest BCUT2D eigenvalue weighted by Crippen LogP contribution is 2.16. The van der Waals surface area contributed by atoms with Crippen LogP contribution in [-0.2, 0) is 13.3 Å². The van der Waals surface area contributed by atoms with Crippen LogP contribution >= 0.6 is 11.6 Å². The molecule has 0 aliphatic carbocycles. The molecule has 0 atom stereocenters. The van der Waals surface area contributed by atoms with Crippen molar-refractivity contribution >= 4 is 25.6 Å². The van der Waals surface area contributed by atoms with Gasteiger partial charge in [0.2, 0.25) is 0 Å². The zero-order valence-electron chi connectivity index (χ0n) is 11.5. The van der Waals surface area contributed by atoms with Gasteiger partial charge in [-0.25, -0.2) is 0 Å². The van der Waals surface area contributed by atoms with Crippen molar-refractivity contribution in [3.63, 3.8) is 0 Å². The minimum absolute atomic E-state index is 0.553. The first-order valence-electron chi connectivity index (χ1n) is 6.27. The standard InChI is InChI=1S/C13H21ClO3Si/c1-5-15-18(16-6-2,17-7-3)13-9-11(4)8-12(14)10-13/h8-10H,5-7H2,1-4H3. The highest BCUT2D eigenvalue weighted by atomic mass is 35.5. The summed E-state index contributed by atoms with van der Waals surface area (Å²) in [7, 11) is -2.82. The molecule has 0 heterocycles. The van der Waals surface area contributed by atoms with E-state index < -0.39 is 8.80 Å². The van der Waals surface area contributed by atoms with Gasteiger partial charge in [-0.05, 0) is 45.4 Å². The van der Waals surface area contributed by atoms with Crippen LogP contribution in [0.15, 0.2) is 18.2 Å². The maximum absolute atomic E-state index is 6.11. The van der Waals surface area contributed by atoms with Crippen molar-refractivity contribution in [1.29, 1.82) is 0 Å². The molecule has 3 nitrogen and oxygen atoms in total. The van der Waals surface area contributed by atoms with Crippen LogP contribution in [0.2, 0.25) is 5.02 Å². The molecule has 0 aromatic heterocycles. The first kappa shape index (κ1) is 15.7. The van der Waals surface area contributed by atoms with Gasteiger partial charge in [-0.1, -0.05) is 17.7 Å². The van der Waals surface area contributed by atoms with Crippen LogP contribution in [-0.4, -0.2) is 28.6 Å². The van der Waals surface area contributed by atoms with Crippen LogP contribution in [0.3, 0.4) is 0 Å². The van der Waals surface area contributed by atoms with E-state index in [0.29, 0.717) is 24.8 Å². The van der Waals surface area contributed by atoms with E-state index in [9.17, 15) is 0 Å². The summed E-state index contributed by atoms with van der Waals surface area (Å²) in [6.45, 7) is 9.48. The molecule has 18 heavy (non-hydrogen) atoms. The van der Waals surface area contributed by atoms with Crippen molar-refractivity contribution in [3.8, 4) is 0 Å². The third kappa shape index (κ3) is 3.80. The van der Waals surface area contributed by atoms with Gasteiger partial charge in [0.1, 0.15) is 0 Å². The highest BCUT2D eigenvalue weighted by molar-refractivity contribution is 6.75. The first-order chi connectivity index (χ1) is 8.57. The second-order valence-corrected chi connectivity index (χ2v) is 6.86. The Morgan fingerprint density at radius 1 is 0.944 bits per heavy atom. The molecule has 0 spiro atoms.